The van der Waals surface area contributed by atoms with Gasteiger partial charge in [-0.1, -0.05) is 66.7 Å². The molecule has 0 saturated heterocycles. The van der Waals surface area contributed by atoms with E-state index in [4.69, 9.17) is 4.74 Å². The van der Waals surface area contributed by atoms with Crippen LogP contribution < -0.4 is 4.74 Å². The molecule has 0 spiro atoms. The van der Waals surface area contributed by atoms with Crippen LogP contribution in [0.3, 0.4) is 0 Å². The molecule has 3 aromatic rings. The first-order chi connectivity index (χ1) is 11.2. The van der Waals surface area contributed by atoms with Crippen LogP contribution >= 0.6 is 0 Å². The van der Waals surface area contributed by atoms with E-state index < -0.39 is 0 Å². The lowest BCUT2D eigenvalue weighted by molar-refractivity contribution is 0.101. The monoisotopic (exact) mass is 302 g/mol. The third-order valence-electron chi connectivity index (χ3n) is 3.70. The van der Waals surface area contributed by atoms with Crippen LogP contribution in [0.4, 0.5) is 0 Å². The molecule has 0 aromatic heterocycles. The standard InChI is InChI=1S/C21H18O2/c1-16(22)20-12-5-6-13-21(20)18-10-7-11-19(14-18)23-15-17-8-3-2-4-9-17/h2-14H,15H2,1H3. The van der Waals surface area contributed by atoms with Crippen molar-refractivity contribution in [2.75, 3.05) is 0 Å². The number of hydrogen-bond acceptors (Lipinski definition) is 2. The minimum atomic E-state index is 0.0659. The summed E-state index contributed by atoms with van der Waals surface area (Å²) in [5, 5.41) is 0. The van der Waals surface area contributed by atoms with Gasteiger partial charge in [0.05, 0.1) is 0 Å². The summed E-state index contributed by atoms with van der Waals surface area (Å²) in [5.74, 6) is 0.862. The van der Waals surface area contributed by atoms with E-state index in [9.17, 15) is 4.79 Å². The highest BCUT2D eigenvalue weighted by atomic mass is 16.5. The molecular weight excluding hydrogens is 284 g/mol. The van der Waals surface area contributed by atoms with Crippen LogP contribution in [-0.2, 0) is 6.61 Å². The van der Waals surface area contributed by atoms with E-state index in [0.717, 1.165) is 28.0 Å². The van der Waals surface area contributed by atoms with Gasteiger partial charge in [-0.15, -0.1) is 0 Å². The average Bonchev–Trinajstić information content (AvgIpc) is 2.61. The molecule has 0 aliphatic rings. The van der Waals surface area contributed by atoms with Crippen LogP contribution in [0.1, 0.15) is 22.8 Å². The third-order valence-corrected chi connectivity index (χ3v) is 3.70. The Morgan fingerprint density at radius 3 is 2.39 bits per heavy atom. The highest BCUT2D eigenvalue weighted by molar-refractivity contribution is 6.00. The summed E-state index contributed by atoms with van der Waals surface area (Å²) >= 11 is 0. The van der Waals surface area contributed by atoms with E-state index in [-0.39, 0.29) is 5.78 Å². The van der Waals surface area contributed by atoms with Crippen LogP contribution in [0.15, 0.2) is 78.9 Å². The van der Waals surface area contributed by atoms with Gasteiger partial charge in [-0.3, -0.25) is 4.79 Å². The van der Waals surface area contributed by atoms with Crippen molar-refractivity contribution in [3.8, 4) is 16.9 Å². The van der Waals surface area contributed by atoms with Gasteiger partial charge >= 0.3 is 0 Å². The fourth-order valence-electron chi connectivity index (χ4n) is 2.54. The normalized spacial score (nSPS) is 10.3. The highest BCUT2D eigenvalue weighted by Gasteiger charge is 2.09. The van der Waals surface area contributed by atoms with E-state index in [1.54, 1.807) is 6.92 Å². The first-order valence-electron chi connectivity index (χ1n) is 7.61. The first-order valence-corrected chi connectivity index (χ1v) is 7.61. The smallest absolute Gasteiger partial charge is 0.160 e. The van der Waals surface area contributed by atoms with Gasteiger partial charge in [-0.25, -0.2) is 0 Å². The van der Waals surface area contributed by atoms with Crippen molar-refractivity contribution < 1.29 is 9.53 Å². The SMILES string of the molecule is CC(=O)c1ccccc1-c1cccc(OCc2ccccc2)c1. The molecule has 23 heavy (non-hydrogen) atoms. The molecule has 3 rings (SSSR count). The molecule has 0 N–H and O–H groups in total. The van der Waals surface area contributed by atoms with Crippen LogP contribution in [-0.4, -0.2) is 5.78 Å². The Morgan fingerprint density at radius 1 is 0.870 bits per heavy atom. The van der Waals surface area contributed by atoms with E-state index in [0.29, 0.717) is 6.61 Å². The second-order valence-corrected chi connectivity index (χ2v) is 5.40. The molecule has 0 aliphatic heterocycles. The zero-order valence-corrected chi connectivity index (χ0v) is 13.0. The largest absolute Gasteiger partial charge is 0.489 e. The predicted octanol–water partition coefficient (Wildman–Crippen LogP) is 5.14. The van der Waals surface area contributed by atoms with Crippen LogP contribution in [0.25, 0.3) is 11.1 Å². The van der Waals surface area contributed by atoms with Gasteiger partial charge in [0.25, 0.3) is 0 Å². The number of carbonyl (C=O) groups is 1. The molecule has 0 unspecified atom stereocenters. The second kappa shape index (κ2) is 6.93. The molecule has 3 aromatic carbocycles. The van der Waals surface area contributed by atoms with Gasteiger partial charge in [0.2, 0.25) is 0 Å². The van der Waals surface area contributed by atoms with E-state index >= 15 is 0 Å². The zero-order valence-electron chi connectivity index (χ0n) is 13.0. The molecule has 114 valence electrons. The number of ether oxygens (including phenoxy) is 1. The van der Waals surface area contributed by atoms with Gasteiger partial charge < -0.3 is 4.74 Å². The summed E-state index contributed by atoms with van der Waals surface area (Å²) < 4.78 is 5.87. The number of hydrogen-bond donors (Lipinski definition) is 0. The van der Waals surface area contributed by atoms with Gasteiger partial charge in [0.15, 0.2) is 5.78 Å². The van der Waals surface area contributed by atoms with E-state index in [1.807, 2.05) is 78.9 Å². The Labute approximate surface area is 136 Å². The van der Waals surface area contributed by atoms with Gasteiger partial charge in [0, 0.05) is 5.56 Å². The zero-order chi connectivity index (χ0) is 16.1. The summed E-state index contributed by atoms with van der Waals surface area (Å²) in [7, 11) is 0. The average molecular weight is 302 g/mol. The maximum Gasteiger partial charge on any atom is 0.160 e. The predicted molar refractivity (Wildman–Crippen MR) is 92.7 cm³/mol. The summed E-state index contributed by atoms with van der Waals surface area (Å²) in [4.78, 5) is 11.8. The molecule has 2 nitrogen and oxygen atoms in total. The van der Waals surface area contributed by atoms with E-state index in [2.05, 4.69) is 0 Å². The Hall–Kier alpha value is -2.87. The number of ketones is 1. The van der Waals surface area contributed by atoms with Crippen molar-refractivity contribution in [2.45, 2.75) is 13.5 Å². The summed E-state index contributed by atoms with van der Waals surface area (Å²) in [5.41, 5.74) is 3.78. The van der Waals surface area contributed by atoms with Crippen LogP contribution in [0, 0.1) is 0 Å². The fourth-order valence-corrected chi connectivity index (χ4v) is 2.54. The number of carbonyl (C=O) groups excluding carboxylic acids is 1. The number of Topliss-reactive ketones (excluding diaryl/α,β-unsaturated/α-hetero) is 1. The number of benzene rings is 3. The van der Waals surface area contributed by atoms with Crippen LogP contribution in [0.2, 0.25) is 0 Å². The molecule has 0 bridgehead atoms. The van der Waals surface area contributed by atoms with Crippen molar-refractivity contribution in [3.63, 3.8) is 0 Å². The number of rotatable bonds is 5. The molecule has 2 heteroatoms. The Kier molecular flexibility index (Phi) is 4.53. The highest BCUT2D eigenvalue weighted by Crippen LogP contribution is 2.27. The Bertz CT molecular complexity index is 807. The van der Waals surface area contributed by atoms with E-state index in [1.165, 1.54) is 0 Å². The van der Waals surface area contributed by atoms with Crippen molar-refractivity contribution >= 4 is 5.78 Å². The lowest BCUT2D eigenvalue weighted by atomic mass is 9.97. The molecular formula is C21H18O2. The lowest BCUT2D eigenvalue weighted by Gasteiger charge is -2.10. The quantitative estimate of drug-likeness (QED) is 0.610. The van der Waals surface area contributed by atoms with Crippen molar-refractivity contribution in [2.24, 2.45) is 0 Å². The molecule has 0 fully saturated rings. The minimum absolute atomic E-state index is 0.0659. The van der Waals surface area contributed by atoms with Gasteiger partial charge in [-0.05, 0) is 35.7 Å². The molecule has 0 saturated carbocycles. The van der Waals surface area contributed by atoms with Crippen molar-refractivity contribution in [1.29, 1.82) is 0 Å². The Balaban J connectivity index is 1.84. The third kappa shape index (κ3) is 3.67. The maximum atomic E-state index is 11.8. The Morgan fingerprint density at radius 2 is 1.61 bits per heavy atom. The molecule has 0 radical (unpaired) electrons. The van der Waals surface area contributed by atoms with Gasteiger partial charge in [0.1, 0.15) is 12.4 Å². The molecule has 0 atom stereocenters. The topological polar surface area (TPSA) is 26.3 Å². The molecule has 0 heterocycles. The summed E-state index contributed by atoms with van der Waals surface area (Å²) in [6.07, 6.45) is 0. The van der Waals surface area contributed by atoms with Gasteiger partial charge in [-0.2, -0.15) is 0 Å². The molecule has 0 aliphatic carbocycles. The lowest BCUT2D eigenvalue weighted by Crippen LogP contribution is -1.97. The fraction of sp³-hybridized carbons (Fsp3) is 0.0952. The first kappa shape index (κ1) is 15.0. The van der Waals surface area contributed by atoms with Crippen LogP contribution in [0.5, 0.6) is 5.75 Å². The summed E-state index contributed by atoms with van der Waals surface area (Å²) in [6.45, 7) is 2.12. The molecule has 0 amide bonds. The van der Waals surface area contributed by atoms with Crippen molar-refractivity contribution in [1.82, 2.24) is 0 Å². The summed E-state index contributed by atoms with van der Waals surface area (Å²) in [6, 6.07) is 25.6. The minimum Gasteiger partial charge on any atom is -0.489 e. The van der Waals surface area contributed by atoms with Crippen molar-refractivity contribution in [3.05, 3.63) is 90.0 Å². The maximum absolute atomic E-state index is 11.8. The second-order valence-electron chi connectivity index (χ2n) is 5.40.